The van der Waals surface area contributed by atoms with Crippen molar-refractivity contribution in [2.24, 2.45) is 5.92 Å². The molecule has 7 nitrogen and oxygen atoms in total. The number of aryl methyl sites for hydroxylation is 1. The van der Waals surface area contributed by atoms with Gasteiger partial charge in [0.2, 0.25) is 0 Å². The number of halogens is 2. The Labute approximate surface area is 264 Å². The summed E-state index contributed by atoms with van der Waals surface area (Å²) in [6.07, 6.45) is 2.85. The van der Waals surface area contributed by atoms with Gasteiger partial charge in [-0.2, -0.15) is 0 Å². The number of amides is 2. The molecule has 0 aromatic heterocycles. The highest BCUT2D eigenvalue weighted by Crippen LogP contribution is 2.26. The first-order valence-electron chi connectivity index (χ1n) is 15.9. The first-order chi connectivity index (χ1) is 21.6. The number of piperidine rings is 1. The number of rotatable bonds is 13. The summed E-state index contributed by atoms with van der Waals surface area (Å²) in [5.74, 6) is -1.65. The van der Waals surface area contributed by atoms with Gasteiger partial charge in [0, 0.05) is 36.3 Å². The Hall–Kier alpha value is -3.82. The van der Waals surface area contributed by atoms with Gasteiger partial charge in [-0.05, 0) is 117 Å². The highest BCUT2D eigenvalue weighted by Gasteiger charge is 2.33. The van der Waals surface area contributed by atoms with Crippen molar-refractivity contribution in [3.8, 4) is 5.75 Å². The number of aliphatic hydroxyl groups excluding tert-OH is 1. The Morgan fingerprint density at radius 1 is 0.956 bits per heavy atom. The maximum absolute atomic E-state index is 14.1. The summed E-state index contributed by atoms with van der Waals surface area (Å²) >= 11 is 0. The van der Waals surface area contributed by atoms with Gasteiger partial charge < -0.3 is 25.7 Å². The molecule has 0 saturated carbocycles. The van der Waals surface area contributed by atoms with Crippen molar-refractivity contribution >= 4 is 11.8 Å². The van der Waals surface area contributed by atoms with E-state index in [1.165, 1.54) is 12.1 Å². The fraction of sp³-hybridized carbons (Fsp3) is 0.444. The third-order valence-corrected chi connectivity index (χ3v) is 8.39. The summed E-state index contributed by atoms with van der Waals surface area (Å²) in [6.45, 7) is 7.73. The number of aliphatic hydroxyl groups is 1. The predicted octanol–water partition coefficient (Wildman–Crippen LogP) is 5.55. The van der Waals surface area contributed by atoms with Crippen molar-refractivity contribution in [2.45, 2.75) is 77.5 Å². The van der Waals surface area contributed by atoms with E-state index in [-0.39, 0.29) is 35.6 Å². The molecule has 1 heterocycles. The molecule has 4 N–H and O–H groups in total. The first-order valence-corrected chi connectivity index (χ1v) is 15.9. The largest absolute Gasteiger partial charge is 0.508 e. The van der Waals surface area contributed by atoms with Crippen LogP contribution < -0.4 is 10.6 Å². The summed E-state index contributed by atoms with van der Waals surface area (Å²) in [5, 5.41) is 27.6. The lowest BCUT2D eigenvalue weighted by Crippen LogP contribution is -2.56. The molecule has 0 aliphatic carbocycles. The SMILES string of the molecule is CCCN(CCC)C(=O)c1cc(C)cc(C(=O)NC(Cc2cc(F)cc(F)c2)C(O)C2CC(Cc3ccc(O)cc3)CCN2)c1. The number of hydrogen-bond donors (Lipinski definition) is 4. The van der Waals surface area contributed by atoms with Crippen molar-refractivity contribution in [1.82, 2.24) is 15.5 Å². The van der Waals surface area contributed by atoms with Gasteiger partial charge in [-0.15, -0.1) is 0 Å². The number of phenolic OH excluding ortho intramolecular Hbond substituents is 1. The minimum Gasteiger partial charge on any atom is -0.508 e. The van der Waals surface area contributed by atoms with Crippen molar-refractivity contribution in [2.75, 3.05) is 19.6 Å². The second kappa shape index (κ2) is 16.0. The zero-order chi connectivity index (χ0) is 32.5. The zero-order valence-corrected chi connectivity index (χ0v) is 26.4. The number of carbonyl (C=O) groups is 2. The Bertz CT molecular complexity index is 1420. The van der Waals surface area contributed by atoms with Crippen LogP contribution in [0.2, 0.25) is 0 Å². The van der Waals surface area contributed by atoms with Crippen molar-refractivity contribution in [3.05, 3.63) is 100 Å². The van der Waals surface area contributed by atoms with Crippen molar-refractivity contribution < 1.29 is 28.6 Å². The molecule has 45 heavy (non-hydrogen) atoms. The number of nitrogens with one attached hydrogen (secondary N) is 2. The minimum atomic E-state index is -1.07. The van der Waals surface area contributed by atoms with Gasteiger partial charge in [-0.3, -0.25) is 9.59 Å². The maximum atomic E-state index is 14.1. The minimum absolute atomic E-state index is 0.000770. The lowest BCUT2D eigenvalue weighted by molar-refractivity contribution is 0.0576. The van der Waals surface area contributed by atoms with E-state index in [2.05, 4.69) is 10.6 Å². The van der Waals surface area contributed by atoms with Crippen LogP contribution in [0.5, 0.6) is 5.75 Å². The zero-order valence-electron chi connectivity index (χ0n) is 26.4. The number of phenols is 1. The molecule has 4 rings (SSSR count). The molecule has 242 valence electrons. The van der Waals surface area contributed by atoms with Gasteiger partial charge in [0.05, 0.1) is 12.1 Å². The van der Waals surface area contributed by atoms with E-state index in [1.54, 1.807) is 35.2 Å². The number of hydrogen-bond acceptors (Lipinski definition) is 5. The monoisotopic (exact) mass is 621 g/mol. The lowest BCUT2D eigenvalue weighted by Gasteiger charge is -2.37. The predicted molar refractivity (Wildman–Crippen MR) is 171 cm³/mol. The van der Waals surface area contributed by atoms with Crippen LogP contribution in [0.25, 0.3) is 0 Å². The maximum Gasteiger partial charge on any atom is 0.253 e. The molecule has 1 aliphatic rings. The highest BCUT2D eigenvalue weighted by molar-refractivity contribution is 6.00. The van der Waals surface area contributed by atoms with E-state index in [0.717, 1.165) is 42.9 Å². The summed E-state index contributed by atoms with van der Waals surface area (Å²) in [4.78, 5) is 28.8. The van der Waals surface area contributed by atoms with E-state index < -0.39 is 29.7 Å². The number of benzene rings is 3. The second-order valence-corrected chi connectivity index (χ2v) is 12.3. The van der Waals surface area contributed by atoms with Crippen molar-refractivity contribution in [3.63, 3.8) is 0 Å². The normalized spacial score (nSPS) is 17.8. The third-order valence-electron chi connectivity index (χ3n) is 8.39. The quantitative estimate of drug-likeness (QED) is 0.200. The van der Waals surface area contributed by atoms with Crippen LogP contribution in [-0.4, -0.2) is 64.7 Å². The standard InChI is InChI=1S/C36H45F2N3O4/c1-4-12-41(13-5-2)36(45)28-15-23(3)14-27(21-28)35(44)40-33(20-26-17-29(37)22-30(38)18-26)34(43)32-19-25(10-11-39-32)16-24-6-8-31(42)9-7-24/h6-9,14-15,17-18,21-22,25,32-34,39,42-43H,4-5,10-13,16,19-20H2,1-3H3,(H,40,44). The van der Waals surface area contributed by atoms with Crippen LogP contribution in [-0.2, 0) is 12.8 Å². The van der Waals surface area contributed by atoms with Gasteiger partial charge in [0.25, 0.3) is 11.8 Å². The third kappa shape index (κ3) is 9.58. The summed E-state index contributed by atoms with van der Waals surface area (Å²) < 4.78 is 28.3. The average molecular weight is 622 g/mol. The Kier molecular flexibility index (Phi) is 12.1. The molecule has 9 heteroatoms. The molecule has 3 aromatic carbocycles. The highest BCUT2D eigenvalue weighted by atomic mass is 19.1. The smallest absolute Gasteiger partial charge is 0.253 e. The van der Waals surface area contributed by atoms with Gasteiger partial charge in [0.15, 0.2) is 0 Å². The summed E-state index contributed by atoms with van der Waals surface area (Å²) in [5.41, 5.74) is 2.82. The van der Waals surface area contributed by atoms with E-state index in [4.69, 9.17) is 0 Å². The topological polar surface area (TPSA) is 102 Å². The van der Waals surface area contributed by atoms with Crippen LogP contribution in [0.1, 0.15) is 76.9 Å². The fourth-order valence-electron chi connectivity index (χ4n) is 6.29. The van der Waals surface area contributed by atoms with E-state index in [1.807, 2.05) is 32.9 Å². The molecule has 3 aromatic rings. The Morgan fingerprint density at radius 2 is 1.60 bits per heavy atom. The van der Waals surface area contributed by atoms with Crippen molar-refractivity contribution in [1.29, 1.82) is 0 Å². The summed E-state index contributed by atoms with van der Waals surface area (Å²) in [7, 11) is 0. The Balaban J connectivity index is 1.56. The van der Waals surface area contributed by atoms with Gasteiger partial charge >= 0.3 is 0 Å². The molecule has 1 fully saturated rings. The number of aromatic hydroxyl groups is 1. The number of carbonyl (C=O) groups excluding carboxylic acids is 2. The van der Waals surface area contributed by atoms with Crippen LogP contribution in [0, 0.1) is 24.5 Å². The average Bonchev–Trinajstić information content (AvgIpc) is 3.00. The molecule has 0 bridgehead atoms. The van der Waals surface area contributed by atoms with E-state index in [9.17, 15) is 28.6 Å². The van der Waals surface area contributed by atoms with E-state index in [0.29, 0.717) is 37.2 Å². The van der Waals surface area contributed by atoms with Crippen LogP contribution in [0.4, 0.5) is 8.78 Å². The van der Waals surface area contributed by atoms with Gasteiger partial charge in [0.1, 0.15) is 17.4 Å². The number of nitrogens with zero attached hydrogens (tertiary/aromatic N) is 1. The fourth-order valence-corrected chi connectivity index (χ4v) is 6.29. The molecule has 1 saturated heterocycles. The molecule has 2 amide bonds. The first kappa shape index (κ1) is 34.1. The second-order valence-electron chi connectivity index (χ2n) is 12.3. The lowest BCUT2D eigenvalue weighted by atomic mass is 9.83. The molecule has 0 spiro atoms. The van der Waals surface area contributed by atoms with E-state index >= 15 is 0 Å². The molecule has 0 radical (unpaired) electrons. The molecular formula is C36H45F2N3O4. The van der Waals surface area contributed by atoms with Crippen LogP contribution in [0.15, 0.2) is 60.7 Å². The molecule has 1 aliphatic heterocycles. The van der Waals surface area contributed by atoms with Gasteiger partial charge in [-0.25, -0.2) is 8.78 Å². The molecular weight excluding hydrogens is 576 g/mol. The Morgan fingerprint density at radius 3 is 2.24 bits per heavy atom. The van der Waals surface area contributed by atoms with Crippen LogP contribution >= 0.6 is 0 Å². The molecule has 4 unspecified atom stereocenters. The van der Waals surface area contributed by atoms with Crippen LogP contribution in [0.3, 0.4) is 0 Å². The van der Waals surface area contributed by atoms with Gasteiger partial charge in [-0.1, -0.05) is 26.0 Å². The summed E-state index contributed by atoms with van der Waals surface area (Å²) in [6, 6.07) is 14.0. The molecule has 4 atom stereocenters.